The lowest BCUT2D eigenvalue weighted by Gasteiger charge is -2.29. The molecular formula is C51H36N2OS. The summed E-state index contributed by atoms with van der Waals surface area (Å²) in [6.07, 6.45) is 0. The van der Waals surface area contributed by atoms with Crippen LogP contribution in [0.4, 0.5) is 34.1 Å². The molecule has 0 aliphatic rings. The zero-order chi connectivity index (χ0) is 36.7. The largest absolute Gasteiger partial charge is 0.497 e. The van der Waals surface area contributed by atoms with E-state index in [1.165, 1.54) is 52.8 Å². The van der Waals surface area contributed by atoms with E-state index in [9.17, 15) is 0 Å². The smallest absolute Gasteiger partial charge is 0.119 e. The van der Waals surface area contributed by atoms with Crippen LogP contribution in [0.15, 0.2) is 200 Å². The first-order chi connectivity index (χ1) is 27.2. The van der Waals surface area contributed by atoms with Crippen LogP contribution in [0.5, 0.6) is 5.75 Å². The van der Waals surface area contributed by atoms with Gasteiger partial charge in [0, 0.05) is 59.7 Å². The van der Waals surface area contributed by atoms with E-state index in [1.807, 2.05) is 11.3 Å². The van der Waals surface area contributed by atoms with Gasteiger partial charge in [-0.05, 0) is 118 Å². The zero-order valence-electron chi connectivity index (χ0n) is 30.3. The summed E-state index contributed by atoms with van der Waals surface area (Å²) >= 11 is 1.87. The van der Waals surface area contributed by atoms with E-state index in [-0.39, 0.29) is 0 Å². The maximum Gasteiger partial charge on any atom is 0.119 e. The molecule has 0 saturated heterocycles. The highest BCUT2D eigenvalue weighted by Gasteiger charge is 2.20. The Morgan fingerprint density at radius 1 is 0.364 bits per heavy atom. The van der Waals surface area contributed by atoms with Gasteiger partial charge in [0.2, 0.25) is 0 Å². The molecule has 0 fully saturated rings. The number of hydrogen-bond donors (Lipinski definition) is 0. The third kappa shape index (κ3) is 5.84. The second-order valence-electron chi connectivity index (χ2n) is 13.7. The zero-order valence-corrected chi connectivity index (χ0v) is 31.1. The van der Waals surface area contributed by atoms with Gasteiger partial charge in [-0.3, -0.25) is 0 Å². The Bertz CT molecular complexity index is 2960. The number of anilines is 6. The summed E-state index contributed by atoms with van der Waals surface area (Å²) in [5.41, 5.74) is 8.90. The molecule has 0 unspecified atom stereocenters. The fourth-order valence-corrected chi connectivity index (χ4v) is 9.20. The second kappa shape index (κ2) is 13.8. The Morgan fingerprint density at radius 3 is 1.58 bits per heavy atom. The Balaban J connectivity index is 1.16. The number of benzene rings is 9. The molecule has 10 aromatic rings. The Kier molecular flexibility index (Phi) is 8.24. The van der Waals surface area contributed by atoms with Crippen LogP contribution in [-0.4, -0.2) is 7.11 Å². The van der Waals surface area contributed by atoms with Gasteiger partial charge >= 0.3 is 0 Å². The lowest BCUT2D eigenvalue weighted by atomic mass is 9.96. The van der Waals surface area contributed by atoms with Gasteiger partial charge in [0.05, 0.1) is 7.11 Å². The van der Waals surface area contributed by atoms with Gasteiger partial charge in [0.1, 0.15) is 5.75 Å². The van der Waals surface area contributed by atoms with Crippen LogP contribution in [0.2, 0.25) is 0 Å². The van der Waals surface area contributed by atoms with Crippen LogP contribution in [0.3, 0.4) is 0 Å². The van der Waals surface area contributed by atoms with Crippen molar-refractivity contribution in [1.82, 2.24) is 0 Å². The summed E-state index contributed by atoms with van der Waals surface area (Å²) in [4.78, 5) is 4.71. The third-order valence-corrected chi connectivity index (χ3v) is 11.7. The number of fused-ring (bicyclic) bond motifs is 8. The van der Waals surface area contributed by atoms with E-state index < -0.39 is 0 Å². The molecule has 0 saturated carbocycles. The first-order valence-electron chi connectivity index (χ1n) is 18.5. The van der Waals surface area contributed by atoms with Crippen LogP contribution in [0.25, 0.3) is 52.8 Å². The molecule has 10 rings (SSSR count). The lowest BCUT2D eigenvalue weighted by Crippen LogP contribution is -2.13. The molecule has 1 aromatic heterocycles. The maximum atomic E-state index is 5.73. The Hall–Kier alpha value is -6.88. The summed E-state index contributed by atoms with van der Waals surface area (Å²) < 4.78 is 8.32. The molecule has 0 amide bonds. The number of rotatable bonds is 8. The van der Waals surface area contributed by atoms with Crippen molar-refractivity contribution in [3.05, 3.63) is 200 Å². The molecule has 9 aromatic carbocycles. The number of ether oxygens (including phenoxy) is 1. The van der Waals surface area contributed by atoms with Gasteiger partial charge in [-0.25, -0.2) is 0 Å². The maximum absolute atomic E-state index is 5.73. The van der Waals surface area contributed by atoms with Gasteiger partial charge in [-0.2, -0.15) is 0 Å². The van der Waals surface area contributed by atoms with Crippen molar-refractivity contribution < 1.29 is 4.74 Å². The minimum Gasteiger partial charge on any atom is -0.497 e. The fraction of sp³-hybridized carbons (Fsp3) is 0.0196. The lowest BCUT2D eigenvalue weighted by molar-refractivity contribution is 0.415. The fourth-order valence-electron chi connectivity index (χ4n) is 7.94. The third-order valence-electron chi connectivity index (χ3n) is 10.5. The van der Waals surface area contributed by atoms with E-state index >= 15 is 0 Å². The molecule has 0 aliphatic carbocycles. The van der Waals surface area contributed by atoms with Crippen LogP contribution in [-0.2, 0) is 0 Å². The molecule has 3 nitrogen and oxygen atoms in total. The van der Waals surface area contributed by atoms with Crippen molar-refractivity contribution in [1.29, 1.82) is 0 Å². The number of para-hydroxylation sites is 2. The van der Waals surface area contributed by atoms with Gasteiger partial charge in [0.25, 0.3) is 0 Å². The summed E-state index contributed by atoms with van der Waals surface area (Å²) in [6, 6.07) is 71.8. The average Bonchev–Trinajstić information content (AvgIpc) is 3.65. The van der Waals surface area contributed by atoms with Gasteiger partial charge in [0.15, 0.2) is 0 Å². The van der Waals surface area contributed by atoms with Gasteiger partial charge < -0.3 is 14.5 Å². The molecule has 0 aliphatic heterocycles. The molecule has 4 heteroatoms. The highest BCUT2D eigenvalue weighted by Crippen LogP contribution is 2.47. The predicted octanol–water partition coefficient (Wildman–Crippen LogP) is 15.0. The highest BCUT2D eigenvalue weighted by molar-refractivity contribution is 7.27. The van der Waals surface area contributed by atoms with Crippen molar-refractivity contribution in [2.75, 3.05) is 16.9 Å². The molecule has 0 N–H and O–H groups in total. The van der Waals surface area contributed by atoms with E-state index in [2.05, 4.69) is 210 Å². The van der Waals surface area contributed by atoms with Crippen LogP contribution in [0, 0.1) is 0 Å². The average molecular weight is 725 g/mol. The van der Waals surface area contributed by atoms with Crippen molar-refractivity contribution in [3.63, 3.8) is 0 Å². The second-order valence-corrected chi connectivity index (χ2v) is 14.8. The summed E-state index contributed by atoms with van der Waals surface area (Å²) in [5.74, 6) is 0.860. The molecule has 0 radical (unpaired) electrons. The van der Waals surface area contributed by atoms with Gasteiger partial charge in [-0.15, -0.1) is 11.3 Å². The minimum atomic E-state index is 0.860. The monoisotopic (exact) mass is 724 g/mol. The van der Waals surface area contributed by atoms with Crippen molar-refractivity contribution in [3.8, 4) is 16.9 Å². The molecule has 0 spiro atoms. The molecule has 55 heavy (non-hydrogen) atoms. The van der Waals surface area contributed by atoms with E-state index in [0.717, 1.165) is 39.9 Å². The molecular weight excluding hydrogens is 689 g/mol. The summed E-state index contributed by atoms with van der Waals surface area (Å²) in [5, 5.41) is 7.48. The Labute approximate surface area is 324 Å². The topological polar surface area (TPSA) is 15.7 Å². The number of thiophene rings is 1. The standard InChI is InChI=1S/C51H36N2OS/c1-54-43-29-31-45-47(34-43)44-30-28-42(33-48(44)50-46-22-11-12-23-49(46)55-51(45)50)53(38-18-9-4-10-19-38)41-21-13-20-40(32-41)52(37-16-7-3-8-17-37)39-26-24-36(25-27-39)35-14-5-2-6-15-35/h2-34H,1H3. The molecule has 0 atom stereocenters. The van der Waals surface area contributed by atoms with Crippen LogP contribution >= 0.6 is 11.3 Å². The highest BCUT2D eigenvalue weighted by atomic mass is 32.1. The summed E-state index contributed by atoms with van der Waals surface area (Å²) in [6.45, 7) is 0. The summed E-state index contributed by atoms with van der Waals surface area (Å²) in [7, 11) is 1.74. The first-order valence-corrected chi connectivity index (χ1v) is 19.4. The van der Waals surface area contributed by atoms with Crippen LogP contribution in [0.1, 0.15) is 0 Å². The number of hydrogen-bond acceptors (Lipinski definition) is 4. The first kappa shape index (κ1) is 32.7. The Morgan fingerprint density at radius 2 is 0.891 bits per heavy atom. The number of methoxy groups -OCH3 is 1. The van der Waals surface area contributed by atoms with Crippen molar-refractivity contribution in [2.45, 2.75) is 0 Å². The van der Waals surface area contributed by atoms with Gasteiger partial charge in [-0.1, -0.05) is 109 Å². The van der Waals surface area contributed by atoms with E-state index in [0.29, 0.717) is 0 Å². The molecule has 262 valence electrons. The molecule has 1 heterocycles. The predicted molar refractivity (Wildman–Crippen MR) is 236 cm³/mol. The van der Waals surface area contributed by atoms with Crippen molar-refractivity contribution in [2.24, 2.45) is 0 Å². The van der Waals surface area contributed by atoms with Crippen molar-refractivity contribution >= 4 is 87.2 Å². The molecule has 0 bridgehead atoms. The quantitative estimate of drug-likeness (QED) is 0.145. The normalized spacial score (nSPS) is 11.4. The minimum absolute atomic E-state index is 0.860. The van der Waals surface area contributed by atoms with Crippen LogP contribution < -0.4 is 14.5 Å². The van der Waals surface area contributed by atoms with E-state index in [1.54, 1.807) is 7.11 Å². The van der Waals surface area contributed by atoms with E-state index in [4.69, 9.17) is 4.74 Å². The number of nitrogens with zero attached hydrogens (tertiary/aromatic N) is 2. The SMILES string of the molecule is COc1ccc2c(c1)c1ccc(N(c3ccccc3)c3cccc(N(c4ccccc4)c4ccc(-c5ccccc5)cc4)c3)cc1c1c3ccccc3sc21.